The Hall–Kier alpha value is -1.30. The molecule has 0 saturated carbocycles. The maximum absolute atomic E-state index is 8.62. The Morgan fingerprint density at radius 2 is 2.42 bits per heavy atom. The molecule has 0 aliphatic carbocycles. The number of rotatable bonds is 4. The molecule has 5 nitrogen and oxygen atoms in total. The molecule has 4 N–H and O–H groups in total. The number of ether oxygens (including phenoxy) is 1. The van der Waals surface area contributed by atoms with Crippen molar-refractivity contribution < 1.29 is 9.94 Å². The summed E-state index contributed by atoms with van der Waals surface area (Å²) >= 11 is 6.20. The molecule has 0 aromatic heterocycles. The monoisotopic (exact) mass is 283 g/mol. The van der Waals surface area contributed by atoms with Crippen LogP contribution in [-0.2, 0) is 11.3 Å². The predicted octanol–water partition coefficient (Wildman–Crippen LogP) is 1.70. The van der Waals surface area contributed by atoms with Crippen molar-refractivity contribution in [2.24, 2.45) is 10.9 Å². The Morgan fingerprint density at radius 1 is 1.63 bits per heavy atom. The van der Waals surface area contributed by atoms with E-state index in [0.29, 0.717) is 23.7 Å². The summed E-state index contributed by atoms with van der Waals surface area (Å²) in [4.78, 5) is 0. The minimum absolute atomic E-state index is 0.00752. The van der Waals surface area contributed by atoms with Crippen LogP contribution in [0.25, 0.3) is 0 Å². The van der Waals surface area contributed by atoms with E-state index < -0.39 is 0 Å². The minimum atomic E-state index is 0.00752. The number of halogens is 1. The van der Waals surface area contributed by atoms with Crippen molar-refractivity contribution >= 4 is 17.4 Å². The fraction of sp³-hybridized carbons (Fsp3) is 0.462. The van der Waals surface area contributed by atoms with E-state index in [1.165, 1.54) is 0 Å². The molecule has 1 aliphatic rings. The van der Waals surface area contributed by atoms with Crippen LogP contribution in [0.2, 0.25) is 5.02 Å². The molecular formula is C13H18ClN3O2. The van der Waals surface area contributed by atoms with Gasteiger partial charge in [-0.2, -0.15) is 0 Å². The molecule has 2 rings (SSSR count). The Bertz CT molecular complexity index is 485. The largest absolute Gasteiger partial charge is 0.409 e. The summed E-state index contributed by atoms with van der Waals surface area (Å²) in [6.45, 7) is 4.31. The van der Waals surface area contributed by atoms with Gasteiger partial charge < -0.3 is 21.0 Å². The highest BCUT2D eigenvalue weighted by atomic mass is 35.5. The molecule has 0 bridgehead atoms. The van der Waals surface area contributed by atoms with Crippen LogP contribution in [0.1, 0.15) is 24.5 Å². The molecule has 1 fully saturated rings. The normalized spacial score (nSPS) is 23.8. The second-order valence-corrected chi connectivity index (χ2v) is 5.42. The molecule has 1 aliphatic heterocycles. The summed E-state index contributed by atoms with van der Waals surface area (Å²) in [5, 5.41) is 15.6. The Morgan fingerprint density at radius 3 is 3.00 bits per heavy atom. The van der Waals surface area contributed by atoms with Gasteiger partial charge in [0.15, 0.2) is 5.84 Å². The molecule has 1 saturated heterocycles. The third kappa shape index (κ3) is 3.37. The van der Waals surface area contributed by atoms with Crippen molar-refractivity contribution in [3.8, 4) is 0 Å². The first-order chi connectivity index (χ1) is 9.04. The molecule has 1 heterocycles. The second-order valence-electron chi connectivity index (χ2n) is 5.01. The molecule has 0 radical (unpaired) electrons. The second kappa shape index (κ2) is 5.77. The number of nitrogens with one attached hydrogen (secondary N) is 1. The lowest BCUT2D eigenvalue weighted by Crippen LogP contribution is -2.42. The predicted molar refractivity (Wildman–Crippen MR) is 74.6 cm³/mol. The molecule has 6 heteroatoms. The molecular weight excluding hydrogens is 266 g/mol. The van der Waals surface area contributed by atoms with Crippen molar-refractivity contribution in [2.45, 2.75) is 25.4 Å². The van der Waals surface area contributed by atoms with Crippen molar-refractivity contribution in [2.75, 3.05) is 13.2 Å². The fourth-order valence-electron chi connectivity index (χ4n) is 2.02. The Balaban J connectivity index is 2.05. The first kappa shape index (κ1) is 14.1. The van der Waals surface area contributed by atoms with E-state index in [9.17, 15) is 0 Å². The lowest BCUT2D eigenvalue weighted by Gasteiger charge is -2.24. The first-order valence-electron chi connectivity index (χ1n) is 6.13. The number of benzene rings is 1. The van der Waals surface area contributed by atoms with E-state index in [1.54, 1.807) is 12.1 Å². The number of hydrogen-bond donors (Lipinski definition) is 3. The van der Waals surface area contributed by atoms with Crippen molar-refractivity contribution in [1.29, 1.82) is 0 Å². The van der Waals surface area contributed by atoms with Gasteiger partial charge in [-0.3, -0.25) is 0 Å². The highest BCUT2D eigenvalue weighted by Crippen LogP contribution is 2.21. The van der Waals surface area contributed by atoms with Crippen LogP contribution in [0.4, 0.5) is 0 Å². The van der Waals surface area contributed by atoms with Crippen molar-refractivity contribution in [1.82, 2.24) is 5.32 Å². The summed E-state index contributed by atoms with van der Waals surface area (Å²) in [7, 11) is 0. The van der Waals surface area contributed by atoms with Gasteiger partial charge in [-0.15, -0.1) is 0 Å². The van der Waals surface area contributed by atoms with E-state index in [4.69, 9.17) is 27.3 Å². The quantitative estimate of drug-likeness (QED) is 0.340. The maximum atomic E-state index is 8.62. The lowest BCUT2D eigenvalue weighted by molar-refractivity contribution is 0.171. The van der Waals surface area contributed by atoms with E-state index in [2.05, 4.69) is 17.4 Å². The average Bonchev–Trinajstić information content (AvgIpc) is 2.83. The van der Waals surface area contributed by atoms with Gasteiger partial charge in [0, 0.05) is 29.3 Å². The maximum Gasteiger partial charge on any atom is 0.170 e. The van der Waals surface area contributed by atoms with Gasteiger partial charge >= 0.3 is 0 Å². The van der Waals surface area contributed by atoms with Crippen LogP contribution in [0, 0.1) is 0 Å². The number of nitrogens with zero attached hydrogens (tertiary/aromatic N) is 1. The van der Waals surface area contributed by atoms with Crippen LogP contribution in [0.15, 0.2) is 23.4 Å². The minimum Gasteiger partial charge on any atom is -0.409 e. The van der Waals surface area contributed by atoms with Crippen LogP contribution >= 0.6 is 11.6 Å². The molecule has 0 amide bonds. The Kier molecular flexibility index (Phi) is 4.29. The van der Waals surface area contributed by atoms with Crippen LogP contribution in [0.5, 0.6) is 0 Å². The number of oxime groups is 1. The van der Waals surface area contributed by atoms with Crippen LogP contribution in [-0.4, -0.2) is 29.8 Å². The molecule has 1 unspecified atom stereocenters. The molecule has 19 heavy (non-hydrogen) atoms. The zero-order chi connectivity index (χ0) is 13.9. The van der Waals surface area contributed by atoms with Gasteiger partial charge in [0.2, 0.25) is 0 Å². The molecule has 104 valence electrons. The molecule has 1 aromatic carbocycles. The summed E-state index contributed by atoms with van der Waals surface area (Å²) in [6.07, 6.45) is 0.993. The van der Waals surface area contributed by atoms with E-state index >= 15 is 0 Å². The van der Waals surface area contributed by atoms with Gasteiger partial charge in [-0.25, -0.2) is 0 Å². The average molecular weight is 284 g/mol. The standard InChI is InChI=1S/C13H18ClN3O2/c1-13(4-5-19-8-13)16-7-10-3-2-9(6-11(10)14)12(15)17-18/h2-3,6,16,18H,4-5,7-8H2,1H3,(H2,15,17). The van der Waals surface area contributed by atoms with Gasteiger partial charge in [-0.1, -0.05) is 28.9 Å². The first-order valence-corrected chi connectivity index (χ1v) is 6.51. The Labute approximate surface area is 117 Å². The highest BCUT2D eigenvalue weighted by Gasteiger charge is 2.28. The topological polar surface area (TPSA) is 79.9 Å². The van der Waals surface area contributed by atoms with Crippen molar-refractivity contribution in [3.05, 3.63) is 34.3 Å². The third-order valence-electron chi connectivity index (χ3n) is 3.38. The van der Waals surface area contributed by atoms with E-state index in [-0.39, 0.29) is 11.4 Å². The SMILES string of the molecule is CC1(NCc2ccc(/C(N)=N/O)cc2Cl)CCOC1. The lowest BCUT2D eigenvalue weighted by atomic mass is 10.0. The summed E-state index contributed by atoms with van der Waals surface area (Å²) in [5.41, 5.74) is 7.10. The summed E-state index contributed by atoms with van der Waals surface area (Å²) in [5.74, 6) is 0.0533. The number of nitrogens with two attached hydrogens (primary N) is 1. The third-order valence-corrected chi connectivity index (χ3v) is 3.73. The van der Waals surface area contributed by atoms with Crippen molar-refractivity contribution in [3.63, 3.8) is 0 Å². The summed E-state index contributed by atoms with van der Waals surface area (Å²) < 4.78 is 5.39. The fourth-order valence-corrected chi connectivity index (χ4v) is 2.27. The smallest absolute Gasteiger partial charge is 0.170 e. The summed E-state index contributed by atoms with van der Waals surface area (Å²) in [6, 6.07) is 5.36. The number of hydrogen-bond acceptors (Lipinski definition) is 4. The zero-order valence-electron chi connectivity index (χ0n) is 10.8. The highest BCUT2D eigenvalue weighted by molar-refractivity contribution is 6.31. The molecule has 0 spiro atoms. The van der Waals surface area contributed by atoms with Crippen LogP contribution in [0.3, 0.4) is 0 Å². The van der Waals surface area contributed by atoms with Gasteiger partial charge in [0.05, 0.1) is 6.61 Å². The van der Waals surface area contributed by atoms with Gasteiger partial charge in [0.25, 0.3) is 0 Å². The van der Waals surface area contributed by atoms with Gasteiger partial charge in [-0.05, 0) is 25.0 Å². The zero-order valence-corrected chi connectivity index (χ0v) is 11.6. The molecule has 1 aromatic rings. The van der Waals surface area contributed by atoms with Crippen LogP contribution < -0.4 is 11.1 Å². The van der Waals surface area contributed by atoms with Gasteiger partial charge in [0.1, 0.15) is 0 Å². The van der Waals surface area contributed by atoms with E-state index in [1.807, 2.05) is 6.07 Å². The number of amidine groups is 1. The van der Waals surface area contributed by atoms with E-state index in [0.717, 1.165) is 18.6 Å². The molecule has 1 atom stereocenters.